The smallest absolute Gasteiger partial charge is 0.336 e. The Labute approximate surface area is 128 Å². The number of hydrogen-bond acceptors (Lipinski definition) is 6. The van der Waals surface area contributed by atoms with E-state index in [0.29, 0.717) is 41.2 Å². The highest BCUT2D eigenvalue weighted by Crippen LogP contribution is 2.40. The molecule has 0 radical (unpaired) electrons. The molecule has 22 heavy (non-hydrogen) atoms. The fraction of sp³-hybridized carbons (Fsp3) is 0.438. The van der Waals surface area contributed by atoms with E-state index >= 15 is 0 Å². The van der Waals surface area contributed by atoms with Crippen LogP contribution in [0.4, 0.5) is 0 Å². The van der Waals surface area contributed by atoms with Crippen molar-refractivity contribution in [2.45, 2.75) is 13.3 Å². The van der Waals surface area contributed by atoms with Gasteiger partial charge in [-0.25, -0.2) is 4.79 Å². The van der Waals surface area contributed by atoms with Gasteiger partial charge in [0.2, 0.25) is 5.75 Å². The summed E-state index contributed by atoms with van der Waals surface area (Å²) < 4.78 is 21.6. The van der Waals surface area contributed by atoms with Crippen LogP contribution in [0, 0.1) is 5.92 Å². The third-order valence-electron chi connectivity index (χ3n) is 3.40. The van der Waals surface area contributed by atoms with Crippen LogP contribution >= 0.6 is 0 Å². The van der Waals surface area contributed by atoms with Crippen molar-refractivity contribution in [1.29, 1.82) is 0 Å². The molecule has 0 bridgehead atoms. The quantitative estimate of drug-likeness (QED) is 0.790. The van der Waals surface area contributed by atoms with Gasteiger partial charge in [0.25, 0.3) is 0 Å². The lowest BCUT2D eigenvalue weighted by molar-refractivity contribution is 0.199. The first-order chi connectivity index (χ1) is 10.6. The van der Waals surface area contributed by atoms with Crippen molar-refractivity contribution in [3.8, 4) is 17.2 Å². The molecule has 0 saturated carbocycles. The average molecular weight is 308 g/mol. The van der Waals surface area contributed by atoms with Crippen LogP contribution in [0.25, 0.3) is 11.0 Å². The predicted octanol–water partition coefficient (Wildman–Crippen LogP) is 2.21. The van der Waals surface area contributed by atoms with E-state index in [9.17, 15) is 4.79 Å². The van der Waals surface area contributed by atoms with Crippen LogP contribution in [0.5, 0.6) is 17.2 Å². The minimum absolute atomic E-state index is 0.0962. The van der Waals surface area contributed by atoms with E-state index in [2.05, 4.69) is 0 Å². The van der Waals surface area contributed by atoms with Crippen LogP contribution in [0.3, 0.4) is 0 Å². The van der Waals surface area contributed by atoms with Gasteiger partial charge in [-0.3, -0.25) is 0 Å². The van der Waals surface area contributed by atoms with Crippen LogP contribution in [0.15, 0.2) is 27.4 Å². The Hall–Kier alpha value is -2.21. The summed E-state index contributed by atoms with van der Waals surface area (Å²) in [5.74, 6) is 1.45. The van der Waals surface area contributed by atoms with E-state index in [1.165, 1.54) is 20.3 Å². The third kappa shape index (κ3) is 3.33. The molecular weight excluding hydrogens is 288 g/mol. The zero-order valence-electron chi connectivity index (χ0n) is 12.9. The van der Waals surface area contributed by atoms with Gasteiger partial charge in [-0.1, -0.05) is 6.92 Å². The lowest BCUT2D eigenvalue weighted by Crippen LogP contribution is -2.09. The third-order valence-corrected chi connectivity index (χ3v) is 3.40. The number of benzene rings is 1. The lowest BCUT2D eigenvalue weighted by Gasteiger charge is -2.15. The Balaban J connectivity index is 2.45. The second kappa shape index (κ2) is 7.17. The number of aliphatic hydroxyl groups is 1. The van der Waals surface area contributed by atoms with Crippen LogP contribution < -0.4 is 19.8 Å². The molecule has 0 fully saturated rings. The van der Waals surface area contributed by atoms with Gasteiger partial charge in [0.05, 0.1) is 26.2 Å². The van der Waals surface area contributed by atoms with Crippen LogP contribution in [0.2, 0.25) is 0 Å². The average Bonchev–Trinajstić information content (AvgIpc) is 2.54. The summed E-state index contributed by atoms with van der Waals surface area (Å²) in [6, 6.07) is 4.64. The first-order valence-corrected chi connectivity index (χ1v) is 7.03. The molecule has 2 rings (SSSR count). The van der Waals surface area contributed by atoms with Crippen molar-refractivity contribution < 1.29 is 23.7 Å². The van der Waals surface area contributed by atoms with E-state index in [4.69, 9.17) is 23.7 Å². The summed E-state index contributed by atoms with van der Waals surface area (Å²) in [5.41, 5.74) is -0.184. The van der Waals surface area contributed by atoms with Gasteiger partial charge in [0, 0.05) is 18.7 Å². The zero-order valence-corrected chi connectivity index (χ0v) is 12.9. The largest absolute Gasteiger partial charge is 0.496 e. The Kier molecular flexibility index (Phi) is 5.27. The molecule has 1 aromatic heterocycles. The first-order valence-electron chi connectivity index (χ1n) is 7.03. The van der Waals surface area contributed by atoms with Crippen molar-refractivity contribution in [2.75, 3.05) is 27.4 Å². The molecule has 6 nitrogen and oxygen atoms in total. The molecule has 1 heterocycles. The maximum absolute atomic E-state index is 11.5. The van der Waals surface area contributed by atoms with Crippen LogP contribution in [-0.4, -0.2) is 32.5 Å². The summed E-state index contributed by atoms with van der Waals surface area (Å²) in [6.45, 7) is 2.39. The molecule has 1 aromatic carbocycles. The summed E-state index contributed by atoms with van der Waals surface area (Å²) in [6.07, 6.45) is 0.671. The molecule has 0 aliphatic heterocycles. The number of methoxy groups -OCH3 is 2. The molecule has 1 atom stereocenters. The van der Waals surface area contributed by atoms with E-state index in [1.54, 1.807) is 12.1 Å². The van der Waals surface area contributed by atoms with E-state index in [0.717, 1.165) is 0 Å². The molecule has 0 amide bonds. The summed E-state index contributed by atoms with van der Waals surface area (Å²) >= 11 is 0. The highest BCUT2D eigenvalue weighted by Gasteiger charge is 2.18. The number of hydrogen-bond donors (Lipinski definition) is 1. The fourth-order valence-electron chi connectivity index (χ4n) is 2.06. The van der Waals surface area contributed by atoms with Gasteiger partial charge in [0.1, 0.15) is 5.75 Å². The second-order valence-corrected chi connectivity index (χ2v) is 5.03. The molecule has 0 unspecified atom stereocenters. The van der Waals surface area contributed by atoms with E-state index in [-0.39, 0.29) is 12.5 Å². The minimum atomic E-state index is -0.476. The molecule has 6 heteroatoms. The summed E-state index contributed by atoms with van der Waals surface area (Å²) in [7, 11) is 3.04. The van der Waals surface area contributed by atoms with Gasteiger partial charge >= 0.3 is 5.63 Å². The maximum Gasteiger partial charge on any atom is 0.336 e. The zero-order chi connectivity index (χ0) is 16.1. The van der Waals surface area contributed by atoms with Gasteiger partial charge in [-0.15, -0.1) is 0 Å². The number of aliphatic hydroxyl groups excluding tert-OH is 1. The van der Waals surface area contributed by atoms with Crippen molar-refractivity contribution in [1.82, 2.24) is 0 Å². The number of ether oxygens (including phenoxy) is 3. The van der Waals surface area contributed by atoms with Gasteiger partial charge in [-0.2, -0.15) is 0 Å². The van der Waals surface area contributed by atoms with Crippen molar-refractivity contribution in [3.63, 3.8) is 0 Å². The maximum atomic E-state index is 11.5. The van der Waals surface area contributed by atoms with Crippen LogP contribution in [0.1, 0.15) is 13.3 Å². The molecule has 0 aliphatic rings. The highest BCUT2D eigenvalue weighted by molar-refractivity contribution is 5.91. The van der Waals surface area contributed by atoms with E-state index < -0.39 is 5.63 Å². The summed E-state index contributed by atoms with van der Waals surface area (Å²) in [4.78, 5) is 11.5. The minimum Gasteiger partial charge on any atom is -0.496 e. The molecule has 0 spiro atoms. The number of rotatable bonds is 7. The Morgan fingerprint density at radius 1 is 1.23 bits per heavy atom. The fourth-order valence-corrected chi connectivity index (χ4v) is 2.06. The monoisotopic (exact) mass is 308 g/mol. The van der Waals surface area contributed by atoms with Crippen LogP contribution in [-0.2, 0) is 0 Å². The lowest BCUT2D eigenvalue weighted by atomic mass is 10.1. The van der Waals surface area contributed by atoms with Crippen molar-refractivity contribution in [3.05, 3.63) is 28.6 Å². The van der Waals surface area contributed by atoms with Gasteiger partial charge in [0.15, 0.2) is 11.3 Å². The molecule has 2 aromatic rings. The van der Waals surface area contributed by atoms with Gasteiger partial charge < -0.3 is 23.7 Å². The standard InChI is InChI=1S/C16H20O6/c1-10(9-17)6-7-21-16-13(20-3)8-12(19-2)11-4-5-14(18)22-15(11)16/h4-5,8,10,17H,6-7,9H2,1-3H3/t10-/m0/s1. The predicted molar refractivity (Wildman–Crippen MR) is 81.9 cm³/mol. The normalized spacial score (nSPS) is 12.2. The highest BCUT2D eigenvalue weighted by atomic mass is 16.5. The Morgan fingerprint density at radius 3 is 2.59 bits per heavy atom. The molecule has 0 saturated heterocycles. The SMILES string of the molecule is COc1cc(OC)c2ccc(=O)oc2c1OCC[C@H](C)CO. The Morgan fingerprint density at radius 2 is 1.95 bits per heavy atom. The second-order valence-electron chi connectivity index (χ2n) is 5.03. The van der Waals surface area contributed by atoms with Gasteiger partial charge in [-0.05, 0) is 18.4 Å². The van der Waals surface area contributed by atoms with Crippen molar-refractivity contribution >= 4 is 11.0 Å². The summed E-state index contributed by atoms with van der Waals surface area (Å²) in [5, 5.41) is 9.69. The molecule has 120 valence electrons. The first kappa shape index (κ1) is 16.2. The van der Waals surface area contributed by atoms with E-state index in [1.807, 2.05) is 6.92 Å². The van der Waals surface area contributed by atoms with Crippen molar-refractivity contribution in [2.24, 2.45) is 5.92 Å². The Bertz CT molecular complexity index is 691. The number of fused-ring (bicyclic) bond motifs is 1. The molecule has 0 aliphatic carbocycles. The molecule has 1 N–H and O–H groups in total. The molecular formula is C16H20O6. The topological polar surface area (TPSA) is 78.1 Å².